The summed E-state index contributed by atoms with van der Waals surface area (Å²) in [5, 5.41) is 3.53. The SMILES string of the molecule is CC(C(=O)Nc1ccccc1Cl)N1CCC(N2CCCC2)CC1. The third-order valence-corrected chi connectivity index (χ3v) is 5.54. The molecular weight excluding hydrogens is 310 g/mol. The van der Waals surface area contributed by atoms with Gasteiger partial charge < -0.3 is 10.2 Å². The molecule has 0 saturated carbocycles. The molecule has 1 unspecified atom stereocenters. The number of carbonyl (C=O) groups excluding carboxylic acids is 1. The third-order valence-electron chi connectivity index (χ3n) is 5.22. The molecule has 126 valence electrons. The zero-order valence-electron chi connectivity index (χ0n) is 13.8. The molecule has 1 N–H and O–H groups in total. The van der Waals surface area contributed by atoms with Crippen molar-refractivity contribution in [1.29, 1.82) is 0 Å². The molecular formula is C18H26ClN3O. The number of carbonyl (C=O) groups is 1. The van der Waals surface area contributed by atoms with Crippen LogP contribution < -0.4 is 5.32 Å². The van der Waals surface area contributed by atoms with Crippen LogP contribution >= 0.6 is 11.6 Å². The first kappa shape index (κ1) is 16.7. The van der Waals surface area contributed by atoms with Gasteiger partial charge in [0, 0.05) is 19.1 Å². The highest BCUT2D eigenvalue weighted by atomic mass is 35.5. The molecule has 2 aliphatic rings. The van der Waals surface area contributed by atoms with E-state index in [4.69, 9.17) is 11.6 Å². The van der Waals surface area contributed by atoms with Gasteiger partial charge in [-0.3, -0.25) is 9.69 Å². The molecule has 5 heteroatoms. The van der Waals surface area contributed by atoms with Gasteiger partial charge in [-0.2, -0.15) is 0 Å². The Bertz CT molecular complexity index is 537. The molecule has 2 heterocycles. The highest BCUT2D eigenvalue weighted by molar-refractivity contribution is 6.33. The second-order valence-corrected chi connectivity index (χ2v) is 7.06. The van der Waals surface area contributed by atoms with E-state index >= 15 is 0 Å². The van der Waals surface area contributed by atoms with Gasteiger partial charge in [0.1, 0.15) is 0 Å². The maximum atomic E-state index is 12.5. The second-order valence-electron chi connectivity index (χ2n) is 6.66. The van der Waals surface area contributed by atoms with Gasteiger partial charge in [-0.05, 0) is 57.8 Å². The monoisotopic (exact) mass is 335 g/mol. The first-order chi connectivity index (χ1) is 11.1. The lowest BCUT2D eigenvalue weighted by Gasteiger charge is -2.38. The van der Waals surface area contributed by atoms with Gasteiger partial charge in [0.2, 0.25) is 5.91 Å². The molecule has 2 fully saturated rings. The fourth-order valence-electron chi connectivity index (χ4n) is 3.71. The Hall–Kier alpha value is -1.10. The zero-order chi connectivity index (χ0) is 16.2. The molecule has 4 nitrogen and oxygen atoms in total. The topological polar surface area (TPSA) is 35.6 Å². The minimum Gasteiger partial charge on any atom is -0.323 e. The molecule has 3 rings (SSSR count). The average molecular weight is 336 g/mol. The molecule has 23 heavy (non-hydrogen) atoms. The van der Waals surface area contributed by atoms with Crippen molar-refractivity contribution in [3.8, 4) is 0 Å². The number of hydrogen-bond acceptors (Lipinski definition) is 3. The smallest absolute Gasteiger partial charge is 0.241 e. The summed E-state index contributed by atoms with van der Waals surface area (Å²) in [4.78, 5) is 17.4. The number of nitrogens with zero attached hydrogens (tertiary/aromatic N) is 2. The van der Waals surface area contributed by atoms with E-state index in [1.165, 1.54) is 38.8 Å². The van der Waals surface area contributed by atoms with Crippen LogP contribution in [0, 0.1) is 0 Å². The predicted molar refractivity (Wildman–Crippen MR) is 94.9 cm³/mol. The summed E-state index contributed by atoms with van der Waals surface area (Å²) in [6, 6.07) is 7.98. The Labute approximate surface area is 143 Å². The predicted octanol–water partition coefficient (Wildman–Crippen LogP) is 3.23. The van der Waals surface area contributed by atoms with E-state index in [0.29, 0.717) is 16.8 Å². The lowest BCUT2D eigenvalue weighted by Crippen LogP contribution is -2.50. The molecule has 0 radical (unpaired) electrons. The lowest BCUT2D eigenvalue weighted by molar-refractivity contribution is -0.121. The van der Waals surface area contributed by atoms with Crippen molar-refractivity contribution in [2.45, 2.75) is 44.7 Å². The minimum absolute atomic E-state index is 0.0257. The number of rotatable bonds is 4. The van der Waals surface area contributed by atoms with E-state index in [1.807, 2.05) is 25.1 Å². The second kappa shape index (κ2) is 7.65. The summed E-state index contributed by atoms with van der Waals surface area (Å²) in [6.45, 7) is 6.50. The van der Waals surface area contributed by atoms with Crippen LogP contribution in [-0.2, 0) is 4.79 Å². The average Bonchev–Trinajstić information content (AvgIpc) is 3.11. The number of likely N-dealkylation sites (tertiary alicyclic amines) is 2. The van der Waals surface area contributed by atoms with Gasteiger partial charge in [0.25, 0.3) is 0 Å². The van der Waals surface area contributed by atoms with E-state index in [9.17, 15) is 4.79 Å². The number of para-hydroxylation sites is 1. The largest absolute Gasteiger partial charge is 0.323 e. The van der Waals surface area contributed by atoms with E-state index < -0.39 is 0 Å². The third kappa shape index (κ3) is 4.06. The molecule has 2 saturated heterocycles. The first-order valence-electron chi connectivity index (χ1n) is 8.68. The van der Waals surface area contributed by atoms with Crippen LogP contribution in [-0.4, -0.2) is 54.0 Å². The van der Waals surface area contributed by atoms with E-state index in [2.05, 4.69) is 15.1 Å². The molecule has 2 aliphatic heterocycles. The Kier molecular flexibility index (Phi) is 5.57. The molecule has 0 aliphatic carbocycles. The van der Waals surface area contributed by atoms with Crippen LogP contribution in [0.25, 0.3) is 0 Å². The Morgan fingerprint density at radius 3 is 2.48 bits per heavy atom. The van der Waals surface area contributed by atoms with Crippen LogP contribution in [0.1, 0.15) is 32.6 Å². The van der Waals surface area contributed by atoms with Crippen LogP contribution in [0.15, 0.2) is 24.3 Å². The maximum absolute atomic E-state index is 12.5. The fraction of sp³-hybridized carbons (Fsp3) is 0.611. The Morgan fingerprint density at radius 1 is 1.17 bits per heavy atom. The molecule has 0 bridgehead atoms. The van der Waals surface area contributed by atoms with Crippen LogP contribution in [0.2, 0.25) is 5.02 Å². The highest BCUT2D eigenvalue weighted by Gasteiger charge is 2.30. The quantitative estimate of drug-likeness (QED) is 0.917. The number of anilines is 1. The van der Waals surface area contributed by atoms with Crippen molar-refractivity contribution in [3.05, 3.63) is 29.3 Å². The number of nitrogens with one attached hydrogen (secondary N) is 1. The van der Waals surface area contributed by atoms with Crippen molar-refractivity contribution in [1.82, 2.24) is 9.80 Å². The summed E-state index contributed by atoms with van der Waals surface area (Å²) in [6.07, 6.45) is 5.03. The lowest BCUT2D eigenvalue weighted by atomic mass is 10.0. The number of piperidine rings is 1. The Morgan fingerprint density at radius 2 is 1.83 bits per heavy atom. The van der Waals surface area contributed by atoms with Crippen molar-refractivity contribution in [2.75, 3.05) is 31.5 Å². The zero-order valence-corrected chi connectivity index (χ0v) is 14.6. The normalized spacial score (nSPS) is 22.2. The van der Waals surface area contributed by atoms with Gasteiger partial charge in [0.05, 0.1) is 16.8 Å². The van der Waals surface area contributed by atoms with Crippen molar-refractivity contribution >= 4 is 23.2 Å². The summed E-state index contributed by atoms with van der Waals surface area (Å²) < 4.78 is 0. The fourth-order valence-corrected chi connectivity index (χ4v) is 3.89. The molecule has 0 spiro atoms. The van der Waals surface area contributed by atoms with Gasteiger partial charge in [0.15, 0.2) is 0 Å². The number of hydrogen-bond donors (Lipinski definition) is 1. The summed E-state index contributed by atoms with van der Waals surface area (Å²) >= 11 is 6.12. The van der Waals surface area contributed by atoms with E-state index in [1.54, 1.807) is 6.07 Å². The van der Waals surface area contributed by atoms with Crippen LogP contribution in [0.5, 0.6) is 0 Å². The molecule has 1 atom stereocenters. The Balaban J connectivity index is 1.51. The summed E-state index contributed by atoms with van der Waals surface area (Å²) in [7, 11) is 0. The molecule has 1 aromatic carbocycles. The molecule has 1 amide bonds. The van der Waals surface area contributed by atoms with E-state index in [-0.39, 0.29) is 11.9 Å². The summed E-state index contributed by atoms with van der Waals surface area (Å²) in [5.41, 5.74) is 0.693. The van der Waals surface area contributed by atoms with Crippen LogP contribution in [0.4, 0.5) is 5.69 Å². The maximum Gasteiger partial charge on any atom is 0.241 e. The molecule has 0 aromatic heterocycles. The van der Waals surface area contributed by atoms with Gasteiger partial charge in [-0.1, -0.05) is 23.7 Å². The molecule has 1 aromatic rings. The number of amides is 1. The van der Waals surface area contributed by atoms with Crippen molar-refractivity contribution in [2.24, 2.45) is 0 Å². The van der Waals surface area contributed by atoms with Gasteiger partial charge >= 0.3 is 0 Å². The number of halogens is 1. The minimum atomic E-state index is -0.120. The highest BCUT2D eigenvalue weighted by Crippen LogP contribution is 2.24. The van der Waals surface area contributed by atoms with E-state index in [0.717, 1.165) is 13.1 Å². The van der Waals surface area contributed by atoms with Gasteiger partial charge in [-0.15, -0.1) is 0 Å². The van der Waals surface area contributed by atoms with Crippen molar-refractivity contribution < 1.29 is 4.79 Å². The van der Waals surface area contributed by atoms with Gasteiger partial charge in [-0.25, -0.2) is 0 Å². The number of benzene rings is 1. The first-order valence-corrected chi connectivity index (χ1v) is 9.06. The standard InChI is InChI=1S/C18H26ClN3O/c1-14(18(23)20-17-7-3-2-6-16(17)19)21-12-8-15(9-13-21)22-10-4-5-11-22/h2-3,6-7,14-15H,4-5,8-13H2,1H3,(H,20,23). The van der Waals surface area contributed by atoms with Crippen LogP contribution in [0.3, 0.4) is 0 Å². The van der Waals surface area contributed by atoms with Crippen molar-refractivity contribution in [3.63, 3.8) is 0 Å². The summed E-state index contributed by atoms with van der Waals surface area (Å²) in [5.74, 6) is 0.0257.